The number of ketones is 1. The number of aryl methyl sites for hydroxylation is 4. The lowest BCUT2D eigenvalue weighted by Crippen LogP contribution is -2.43. The maximum Gasteiger partial charge on any atom is 0.195 e. The Bertz CT molecular complexity index is 3530. The molecule has 0 spiro atoms. The molecule has 82 heavy (non-hydrogen) atoms. The highest BCUT2D eigenvalue weighted by Crippen LogP contribution is 2.51. The molecule has 414 valence electrons. The van der Waals surface area contributed by atoms with Gasteiger partial charge in [0.2, 0.25) is 0 Å². The molecule has 0 saturated heterocycles. The van der Waals surface area contributed by atoms with Gasteiger partial charge < -0.3 is 0 Å². The van der Waals surface area contributed by atoms with E-state index in [1.165, 1.54) is 44.5 Å². The lowest BCUT2D eigenvalue weighted by atomic mass is 9.87. The van der Waals surface area contributed by atoms with E-state index >= 15 is 4.79 Å². The topological polar surface area (TPSA) is 17.1 Å². The van der Waals surface area contributed by atoms with Crippen molar-refractivity contribution in [2.24, 2.45) is 0 Å². The van der Waals surface area contributed by atoms with Crippen LogP contribution in [-0.2, 0) is 4.79 Å². The highest BCUT2D eigenvalue weighted by molar-refractivity contribution is 6.91. The molecule has 1 nitrogen and oxygen atoms in total. The molecule has 1 aliphatic carbocycles. The van der Waals surface area contributed by atoms with Gasteiger partial charge in [0.15, 0.2) is 5.78 Å². The highest BCUT2D eigenvalue weighted by atomic mass is 28.3. The van der Waals surface area contributed by atoms with E-state index in [1.54, 1.807) is 0 Å². The van der Waals surface area contributed by atoms with Crippen molar-refractivity contribution in [3.63, 3.8) is 0 Å². The molecule has 0 atom stereocenters. The molecule has 3 heteroatoms. The molecule has 0 unspecified atom stereocenters. The molecule has 9 rings (SSSR count). The van der Waals surface area contributed by atoms with Crippen LogP contribution in [0.3, 0.4) is 0 Å². The Kier molecular flexibility index (Phi) is 17.7. The number of benzene rings is 8. The molecule has 1 aliphatic rings. The molecule has 0 radical (unpaired) electrons. The molecule has 8 aromatic carbocycles. The second-order valence-electron chi connectivity index (χ2n) is 25.1. The average molecular weight is 1110 g/mol. The zero-order valence-corrected chi connectivity index (χ0v) is 53.7. The van der Waals surface area contributed by atoms with Crippen molar-refractivity contribution < 1.29 is 4.79 Å². The Morgan fingerprint density at radius 2 is 0.524 bits per heavy atom. The van der Waals surface area contributed by atoms with E-state index in [1.807, 2.05) is 36.4 Å². The first-order valence-corrected chi connectivity index (χ1v) is 34.5. The Balaban J connectivity index is 1.03. The van der Waals surface area contributed by atoms with E-state index in [4.69, 9.17) is 0 Å². The zero-order chi connectivity index (χ0) is 58.8. The van der Waals surface area contributed by atoms with E-state index in [9.17, 15) is 0 Å². The van der Waals surface area contributed by atoms with Crippen molar-refractivity contribution in [2.45, 2.75) is 144 Å². The van der Waals surface area contributed by atoms with Crippen LogP contribution in [0.4, 0.5) is 0 Å². The molecule has 0 heterocycles. The fourth-order valence-electron chi connectivity index (χ4n) is 14.0. The number of allylic oxidation sites excluding steroid dienone is 4. The van der Waals surface area contributed by atoms with Gasteiger partial charge in [-0.3, -0.25) is 4.79 Å². The number of carbonyl (C=O) groups excluding carboxylic acids is 1. The van der Waals surface area contributed by atoms with Gasteiger partial charge in [-0.2, -0.15) is 0 Å². The molecule has 0 amide bonds. The third-order valence-corrected chi connectivity index (χ3v) is 31.0. The Morgan fingerprint density at radius 3 is 0.793 bits per heavy atom. The quantitative estimate of drug-likeness (QED) is 0.0783. The van der Waals surface area contributed by atoms with Crippen LogP contribution < -0.4 is 0 Å². The highest BCUT2D eigenvalue weighted by Gasteiger charge is 2.43. The monoisotopic (exact) mass is 1100 g/mol. The van der Waals surface area contributed by atoms with Gasteiger partial charge in [-0.15, -0.1) is 11.1 Å². The largest absolute Gasteiger partial charge is 0.289 e. The Hall–Kier alpha value is -7.54. The van der Waals surface area contributed by atoms with Crippen LogP contribution in [0, 0.1) is 50.6 Å². The molecule has 8 aromatic rings. The summed E-state index contributed by atoms with van der Waals surface area (Å²) in [6.07, 6.45) is 0. The Morgan fingerprint density at radius 1 is 0.280 bits per heavy atom. The summed E-state index contributed by atoms with van der Waals surface area (Å²) in [5.74, 6) is 7.48. The second-order valence-corrected chi connectivity index (χ2v) is 36.3. The van der Waals surface area contributed by atoms with Gasteiger partial charge in [0.25, 0.3) is 0 Å². The fraction of sp³-hybridized carbons (Fsp3) is 0.278. The van der Waals surface area contributed by atoms with Gasteiger partial charge in [0.05, 0.1) is 0 Å². The normalized spacial score (nSPS) is 13.0. The minimum atomic E-state index is -1.85. The summed E-state index contributed by atoms with van der Waals surface area (Å²) < 4.78 is 0. The van der Waals surface area contributed by atoms with Gasteiger partial charge in [-0.25, -0.2) is 0 Å². The van der Waals surface area contributed by atoms with Gasteiger partial charge in [-0.1, -0.05) is 253 Å². The van der Waals surface area contributed by atoms with Gasteiger partial charge >= 0.3 is 0 Å². The Labute approximate surface area is 495 Å². The molecule has 0 bridgehead atoms. The van der Waals surface area contributed by atoms with E-state index in [2.05, 4.69) is 279 Å². The lowest BCUT2D eigenvalue weighted by Gasteiger charge is -2.38. The number of carbonyl (C=O) groups is 1. The number of hydrogen-bond acceptors (Lipinski definition) is 1. The first-order chi connectivity index (χ1) is 39.2. The molecule has 0 aliphatic heterocycles. The van der Waals surface area contributed by atoms with Crippen LogP contribution in [0.2, 0.25) is 33.2 Å². The number of hydrogen-bond donors (Lipinski definition) is 0. The van der Waals surface area contributed by atoms with E-state index < -0.39 is 16.1 Å². The van der Waals surface area contributed by atoms with Crippen molar-refractivity contribution in [3.8, 4) is 67.4 Å². The number of Topliss-reactive ketones (excluding diaryl/α,β-unsaturated/α-hetero) is 1. The summed E-state index contributed by atoms with van der Waals surface area (Å²) in [6.45, 7) is 37.4. The van der Waals surface area contributed by atoms with Crippen LogP contribution in [0.15, 0.2) is 182 Å². The molecule has 0 aromatic heterocycles. The van der Waals surface area contributed by atoms with Crippen LogP contribution in [0.1, 0.15) is 139 Å². The first-order valence-electron chi connectivity index (χ1n) is 30.0. The van der Waals surface area contributed by atoms with Gasteiger partial charge in [0.1, 0.15) is 16.1 Å². The predicted molar refractivity (Wildman–Crippen MR) is 361 cm³/mol. The lowest BCUT2D eigenvalue weighted by molar-refractivity contribution is -0.108. The van der Waals surface area contributed by atoms with Crippen molar-refractivity contribution in [2.75, 3.05) is 0 Å². The molecule has 0 saturated carbocycles. The second kappa shape index (κ2) is 24.5. The number of rotatable bonds is 14. The standard InChI is InChI=1S/C79H84OSi2/c1-51(2)81(52(3)4,53(5)6)45-43-71-47-59(15)73(49-57(71)13)65-35-27-61(28-36-65)63-31-39-69(40-32-63)75-76(78(68-25-21-18-22-26-68)79(80)77(75)67-23-19-17-20-24-67)70-41-33-64(34-42-70)62-29-37-66(38-30-62)74-50-58(14)72(48-60(74)16)44-46-82(54(7)8,55(9)10)56(11)12/h17-42,47-56H,1-16H3. The predicted octanol–water partition coefficient (Wildman–Crippen LogP) is 21.8. The van der Waals surface area contributed by atoms with Crippen molar-refractivity contribution >= 4 is 44.2 Å². The van der Waals surface area contributed by atoms with Crippen LogP contribution in [0.25, 0.3) is 66.8 Å². The maximum absolute atomic E-state index is 15.2. The molecular formula is C79H84OSi2. The third-order valence-electron chi connectivity index (χ3n) is 18.4. The van der Waals surface area contributed by atoms with Gasteiger partial charge in [0, 0.05) is 33.4 Å². The van der Waals surface area contributed by atoms with Crippen molar-refractivity contribution in [3.05, 3.63) is 238 Å². The SMILES string of the molecule is Cc1cc(-c2ccc(-c3ccc(C4=C(c5ccccc5)C(=O)C(c5ccccc5)=C4c4ccc(-c5ccc(-c6cc(C)c(C#C[Si](C(C)C)(C(C)C)C(C)C)cc6C)cc5)cc4)cc3)cc2)c(C)cc1C#C[Si](C(C)C)(C(C)C)C(C)C. The summed E-state index contributed by atoms with van der Waals surface area (Å²) in [5.41, 5.74) is 35.2. The third kappa shape index (κ3) is 11.4. The fourth-order valence-corrected chi connectivity index (χ4v) is 24.5. The van der Waals surface area contributed by atoms with Crippen LogP contribution in [-0.4, -0.2) is 21.9 Å². The van der Waals surface area contributed by atoms with E-state index in [0.717, 1.165) is 77.9 Å². The summed E-state index contributed by atoms with van der Waals surface area (Å²) in [4.78, 5) is 15.2. The van der Waals surface area contributed by atoms with Crippen LogP contribution in [0.5, 0.6) is 0 Å². The van der Waals surface area contributed by atoms with Crippen molar-refractivity contribution in [1.29, 1.82) is 0 Å². The minimum absolute atomic E-state index is 0.0335. The van der Waals surface area contributed by atoms with E-state index in [-0.39, 0.29) is 5.78 Å². The summed E-state index contributed by atoms with van der Waals surface area (Å²) in [5, 5.41) is 0. The van der Waals surface area contributed by atoms with Crippen molar-refractivity contribution in [1.82, 2.24) is 0 Å². The average Bonchev–Trinajstić information content (AvgIpc) is 3.93. The minimum Gasteiger partial charge on any atom is -0.289 e. The van der Waals surface area contributed by atoms with Gasteiger partial charge in [-0.05, 0) is 174 Å². The first kappa shape index (κ1) is 59.1. The molecule has 0 fully saturated rings. The summed E-state index contributed by atoms with van der Waals surface area (Å²) >= 11 is 0. The zero-order valence-electron chi connectivity index (χ0n) is 51.7. The van der Waals surface area contributed by atoms with Crippen LogP contribution >= 0.6 is 0 Å². The smallest absolute Gasteiger partial charge is 0.195 e. The van der Waals surface area contributed by atoms with E-state index in [0.29, 0.717) is 33.2 Å². The summed E-state index contributed by atoms with van der Waals surface area (Å²) in [6, 6.07) is 65.2. The molecular weight excluding hydrogens is 1020 g/mol. The maximum atomic E-state index is 15.2. The summed E-state index contributed by atoms with van der Waals surface area (Å²) in [7, 11) is -3.71. The molecule has 0 N–H and O–H groups in total.